The summed E-state index contributed by atoms with van der Waals surface area (Å²) in [5.41, 5.74) is 2.80. The second kappa shape index (κ2) is 8.04. The molecule has 1 amide bonds. The molecule has 5 nitrogen and oxygen atoms in total. The third-order valence-corrected chi connectivity index (χ3v) is 5.92. The lowest BCUT2D eigenvalue weighted by Gasteiger charge is -2.09. The Morgan fingerprint density at radius 1 is 1.19 bits per heavy atom. The summed E-state index contributed by atoms with van der Waals surface area (Å²) < 4.78 is 1.72. The molecule has 3 aromatic heterocycles. The molecule has 0 atom stereocenters. The normalized spacial score (nSPS) is 10.9. The highest BCUT2D eigenvalue weighted by atomic mass is 35.5. The van der Waals surface area contributed by atoms with Crippen molar-refractivity contribution in [2.75, 3.05) is 5.32 Å². The van der Waals surface area contributed by atoms with Crippen molar-refractivity contribution in [1.29, 1.82) is 0 Å². The van der Waals surface area contributed by atoms with Crippen molar-refractivity contribution in [3.05, 3.63) is 75.0 Å². The minimum Gasteiger partial charge on any atom is -0.311 e. The van der Waals surface area contributed by atoms with Crippen molar-refractivity contribution < 1.29 is 4.79 Å². The third-order valence-electron chi connectivity index (χ3n) is 3.92. The van der Waals surface area contributed by atoms with Crippen LogP contribution in [-0.2, 0) is 17.8 Å². The quantitative estimate of drug-likeness (QED) is 0.485. The van der Waals surface area contributed by atoms with Crippen LogP contribution in [-0.4, -0.2) is 20.7 Å². The van der Waals surface area contributed by atoms with Gasteiger partial charge in [-0.25, -0.2) is 9.67 Å². The SMILES string of the molecule is O=C(Cc1csc(-c2ccsc2)n1)Nc1ccnn1Cc1ccccc1Cl. The highest BCUT2D eigenvalue weighted by Gasteiger charge is 2.12. The van der Waals surface area contributed by atoms with Gasteiger partial charge in [-0.3, -0.25) is 4.79 Å². The fourth-order valence-corrected chi connectivity index (χ4v) is 4.34. The number of nitrogens with zero attached hydrogens (tertiary/aromatic N) is 3. The molecule has 0 bridgehead atoms. The van der Waals surface area contributed by atoms with Crippen LogP contribution >= 0.6 is 34.3 Å². The van der Waals surface area contributed by atoms with Crippen LogP contribution in [0.5, 0.6) is 0 Å². The Bertz CT molecular complexity index is 1060. The van der Waals surface area contributed by atoms with E-state index in [4.69, 9.17) is 11.6 Å². The lowest BCUT2D eigenvalue weighted by molar-refractivity contribution is -0.115. The van der Waals surface area contributed by atoms with Crippen LogP contribution in [0, 0.1) is 0 Å². The summed E-state index contributed by atoms with van der Waals surface area (Å²) in [4.78, 5) is 17.0. The highest BCUT2D eigenvalue weighted by Crippen LogP contribution is 2.26. The summed E-state index contributed by atoms with van der Waals surface area (Å²) >= 11 is 9.40. The molecule has 0 saturated heterocycles. The van der Waals surface area contributed by atoms with Crippen LogP contribution in [0.2, 0.25) is 5.02 Å². The van der Waals surface area contributed by atoms with Gasteiger partial charge in [0.25, 0.3) is 0 Å². The van der Waals surface area contributed by atoms with Crippen LogP contribution in [0.1, 0.15) is 11.3 Å². The van der Waals surface area contributed by atoms with Gasteiger partial charge in [0.1, 0.15) is 10.8 Å². The predicted molar refractivity (Wildman–Crippen MR) is 111 cm³/mol. The van der Waals surface area contributed by atoms with E-state index in [0.717, 1.165) is 21.8 Å². The van der Waals surface area contributed by atoms with E-state index in [0.29, 0.717) is 17.4 Å². The minimum atomic E-state index is -0.127. The number of halogens is 1. The number of rotatable bonds is 6. The number of carbonyl (C=O) groups excluding carboxylic acids is 1. The Morgan fingerprint density at radius 3 is 2.89 bits per heavy atom. The molecule has 0 aliphatic heterocycles. The molecule has 3 heterocycles. The van der Waals surface area contributed by atoms with Crippen molar-refractivity contribution in [2.45, 2.75) is 13.0 Å². The largest absolute Gasteiger partial charge is 0.311 e. The van der Waals surface area contributed by atoms with Crippen LogP contribution in [0.25, 0.3) is 10.6 Å². The molecule has 1 aromatic carbocycles. The lowest BCUT2D eigenvalue weighted by Crippen LogP contribution is -2.18. The average Bonchev–Trinajstić information content (AvgIpc) is 3.39. The van der Waals surface area contributed by atoms with Gasteiger partial charge < -0.3 is 5.32 Å². The number of anilines is 1. The molecule has 0 aliphatic carbocycles. The number of benzene rings is 1. The Balaban J connectivity index is 1.42. The monoisotopic (exact) mass is 414 g/mol. The number of amides is 1. The highest BCUT2D eigenvalue weighted by molar-refractivity contribution is 7.14. The Labute approximate surface area is 169 Å². The fraction of sp³-hybridized carbons (Fsp3) is 0.105. The van der Waals surface area contributed by atoms with Gasteiger partial charge in [0.05, 0.1) is 24.9 Å². The van der Waals surface area contributed by atoms with Crippen LogP contribution in [0.4, 0.5) is 5.82 Å². The zero-order valence-corrected chi connectivity index (χ0v) is 16.5. The van der Waals surface area contributed by atoms with Gasteiger partial charge in [-0.15, -0.1) is 11.3 Å². The van der Waals surface area contributed by atoms with E-state index in [9.17, 15) is 4.79 Å². The van der Waals surface area contributed by atoms with E-state index < -0.39 is 0 Å². The third kappa shape index (κ3) is 4.27. The average molecular weight is 415 g/mol. The number of hydrogen-bond donors (Lipinski definition) is 1. The number of thiazole rings is 1. The van der Waals surface area contributed by atoms with Crippen molar-refractivity contribution in [3.8, 4) is 10.6 Å². The molecule has 27 heavy (non-hydrogen) atoms. The summed E-state index contributed by atoms with van der Waals surface area (Å²) in [5.74, 6) is 0.506. The second-order valence-electron chi connectivity index (χ2n) is 5.85. The first-order chi connectivity index (χ1) is 13.2. The van der Waals surface area contributed by atoms with E-state index in [1.165, 1.54) is 0 Å². The summed E-state index contributed by atoms with van der Waals surface area (Å²) in [5, 5.41) is 14.8. The Morgan fingerprint density at radius 2 is 2.07 bits per heavy atom. The van der Waals surface area contributed by atoms with Gasteiger partial charge in [-0.2, -0.15) is 16.4 Å². The van der Waals surface area contributed by atoms with Crippen LogP contribution < -0.4 is 5.32 Å². The van der Waals surface area contributed by atoms with E-state index in [-0.39, 0.29) is 12.3 Å². The fourth-order valence-electron chi connectivity index (χ4n) is 2.61. The number of thiophene rings is 1. The maximum Gasteiger partial charge on any atom is 0.231 e. The number of nitrogens with one attached hydrogen (secondary N) is 1. The standard InChI is InChI=1S/C19H15ClN4OS2/c20-16-4-2-1-3-13(16)10-24-17(5-7-21-24)23-18(25)9-15-12-27-19(22-15)14-6-8-26-11-14/h1-8,11-12H,9-10H2,(H,23,25). The van der Waals surface area contributed by atoms with Crippen molar-refractivity contribution in [1.82, 2.24) is 14.8 Å². The first kappa shape index (κ1) is 17.9. The Hall–Kier alpha value is -2.48. The summed E-state index contributed by atoms with van der Waals surface area (Å²) in [7, 11) is 0. The van der Waals surface area contributed by atoms with Gasteiger partial charge in [0.2, 0.25) is 5.91 Å². The first-order valence-electron chi connectivity index (χ1n) is 8.21. The zero-order valence-electron chi connectivity index (χ0n) is 14.1. The minimum absolute atomic E-state index is 0.127. The van der Waals surface area contributed by atoms with Gasteiger partial charge in [0, 0.05) is 27.4 Å². The van der Waals surface area contributed by atoms with Gasteiger partial charge in [-0.05, 0) is 23.1 Å². The van der Waals surface area contributed by atoms with E-state index >= 15 is 0 Å². The number of aromatic nitrogens is 3. The molecule has 0 unspecified atom stereocenters. The molecule has 0 radical (unpaired) electrons. The molecule has 136 valence electrons. The molecule has 1 N–H and O–H groups in total. The van der Waals surface area contributed by atoms with E-state index in [1.807, 2.05) is 41.1 Å². The molecule has 0 fully saturated rings. The molecule has 8 heteroatoms. The maximum atomic E-state index is 12.4. The first-order valence-corrected chi connectivity index (χ1v) is 10.4. The predicted octanol–water partition coefficient (Wildman–Crippen LogP) is 4.95. The van der Waals surface area contributed by atoms with E-state index in [2.05, 4.69) is 20.8 Å². The Kier molecular flexibility index (Phi) is 5.33. The molecular formula is C19H15ClN4OS2. The molecular weight excluding hydrogens is 400 g/mol. The number of carbonyl (C=O) groups is 1. The van der Waals surface area contributed by atoms with E-state index in [1.54, 1.807) is 39.6 Å². The van der Waals surface area contributed by atoms with Crippen LogP contribution in [0.3, 0.4) is 0 Å². The van der Waals surface area contributed by atoms with Crippen LogP contribution in [0.15, 0.2) is 58.7 Å². The maximum absolute atomic E-state index is 12.4. The van der Waals surface area contributed by atoms with Crippen molar-refractivity contribution in [3.63, 3.8) is 0 Å². The molecule has 0 aliphatic rings. The zero-order chi connectivity index (χ0) is 18.6. The molecule has 4 rings (SSSR count). The second-order valence-corrected chi connectivity index (χ2v) is 7.89. The molecule has 0 spiro atoms. The summed E-state index contributed by atoms with van der Waals surface area (Å²) in [6, 6.07) is 11.4. The van der Waals surface area contributed by atoms with Gasteiger partial charge in [0.15, 0.2) is 0 Å². The summed E-state index contributed by atoms with van der Waals surface area (Å²) in [6.07, 6.45) is 1.88. The van der Waals surface area contributed by atoms with Crippen molar-refractivity contribution in [2.24, 2.45) is 0 Å². The van der Waals surface area contributed by atoms with Gasteiger partial charge in [-0.1, -0.05) is 29.8 Å². The lowest BCUT2D eigenvalue weighted by atomic mass is 10.2. The molecule has 0 saturated carbocycles. The van der Waals surface area contributed by atoms with Gasteiger partial charge >= 0.3 is 0 Å². The van der Waals surface area contributed by atoms with Crippen molar-refractivity contribution >= 4 is 46.0 Å². The summed E-state index contributed by atoms with van der Waals surface area (Å²) in [6.45, 7) is 0.487. The smallest absolute Gasteiger partial charge is 0.231 e. The molecule has 4 aromatic rings. The topological polar surface area (TPSA) is 59.8 Å². The number of hydrogen-bond acceptors (Lipinski definition) is 5.